The Morgan fingerprint density at radius 1 is 1.19 bits per heavy atom. The summed E-state index contributed by atoms with van der Waals surface area (Å²) in [6.07, 6.45) is 2.03. The van der Waals surface area contributed by atoms with Gasteiger partial charge in [0.1, 0.15) is 0 Å². The van der Waals surface area contributed by atoms with Gasteiger partial charge in [0.25, 0.3) is 0 Å². The Hall–Kier alpha value is -1.26. The average molecular weight is 223 g/mol. The molecule has 0 aromatic heterocycles. The molecule has 16 heavy (non-hydrogen) atoms. The standard InChI is InChI=1S/C12H17NO3/c13-5-1-2-6-14-8-10-3-4-11-12(7-10)16-9-15-11/h3-4,7H,1-2,5-6,8-9,13H2. The fraction of sp³-hybridized carbons (Fsp3) is 0.500. The Morgan fingerprint density at radius 2 is 2.06 bits per heavy atom. The fourth-order valence-electron chi connectivity index (χ4n) is 1.57. The van der Waals surface area contributed by atoms with Crippen molar-refractivity contribution in [3.63, 3.8) is 0 Å². The molecule has 88 valence electrons. The van der Waals surface area contributed by atoms with Gasteiger partial charge in [-0.2, -0.15) is 0 Å². The molecule has 2 N–H and O–H groups in total. The number of unbranched alkanes of at least 4 members (excludes halogenated alkanes) is 1. The highest BCUT2D eigenvalue weighted by Gasteiger charge is 2.12. The Bertz CT molecular complexity index is 341. The molecule has 1 aromatic carbocycles. The van der Waals surface area contributed by atoms with Crippen molar-refractivity contribution in [2.45, 2.75) is 19.4 Å². The van der Waals surface area contributed by atoms with E-state index in [2.05, 4.69) is 0 Å². The summed E-state index contributed by atoms with van der Waals surface area (Å²) in [7, 11) is 0. The molecule has 4 nitrogen and oxygen atoms in total. The van der Waals surface area contributed by atoms with Gasteiger partial charge in [-0.25, -0.2) is 0 Å². The zero-order valence-electron chi connectivity index (χ0n) is 9.28. The molecule has 1 aliphatic rings. The van der Waals surface area contributed by atoms with Gasteiger partial charge in [-0.1, -0.05) is 6.07 Å². The maximum atomic E-state index is 5.53. The smallest absolute Gasteiger partial charge is 0.231 e. The molecule has 0 saturated heterocycles. The van der Waals surface area contributed by atoms with Crippen molar-refractivity contribution in [3.05, 3.63) is 23.8 Å². The number of rotatable bonds is 6. The van der Waals surface area contributed by atoms with Gasteiger partial charge in [0, 0.05) is 6.61 Å². The molecular weight excluding hydrogens is 206 g/mol. The molecule has 0 bridgehead atoms. The van der Waals surface area contributed by atoms with Crippen LogP contribution < -0.4 is 15.2 Å². The first-order valence-electron chi connectivity index (χ1n) is 5.56. The highest BCUT2D eigenvalue weighted by molar-refractivity contribution is 5.44. The van der Waals surface area contributed by atoms with Gasteiger partial charge in [0.05, 0.1) is 6.61 Å². The van der Waals surface area contributed by atoms with Crippen molar-refractivity contribution in [1.82, 2.24) is 0 Å². The van der Waals surface area contributed by atoms with Crippen LogP contribution in [0.25, 0.3) is 0 Å². The van der Waals surface area contributed by atoms with Crippen molar-refractivity contribution < 1.29 is 14.2 Å². The maximum Gasteiger partial charge on any atom is 0.231 e. The summed E-state index contributed by atoms with van der Waals surface area (Å²) in [5.41, 5.74) is 6.51. The molecule has 4 heteroatoms. The maximum absolute atomic E-state index is 5.53. The van der Waals surface area contributed by atoms with Gasteiger partial charge in [0.15, 0.2) is 11.5 Å². The van der Waals surface area contributed by atoms with Gasteiger partial charge in [-0.3, -0.25) is 0 Å². The summed E-state index contributed by atoms with van der Waals surface area (Å²) in [5, 5.41) is 0. The summed E-state index contributed by atoms with van der Waals surface area (Å²) in [4.78, 5) is 0. The quantitative estimate of drug-likeness (QED) is 0.745. The Morgan fingerprint density at radius 3 is 2.94 bits per heavy atom. The topological polar surface area (TPSA) is 53.7 Å². The van der Waals surface area contributed by atoms with Crippen LogP contribution in [0, 0.1) is 0 Å². The minimum absolute atomic E-state index is 0.316. The van der Waals surface area contributed by atoms with E-state index < -0.39 is 0 Å². The molecule has 0 atom stereocenters. The lowest BCUT2D eigenvalue weighted by Gasteiger charge is -2.04. The molecule has 0 saturated carbocycles. The molecule has 0 radical (unpaired) electrons. The first-order valence-corrected chi connectivity index (χ1v) is 5.56. The largest absolute Gasteiger partial charge is 0.454 e. The summed E-state index contributed by atoms with van der Waals surface area (Å²) in [6.45, 7) is 2.41. The van der Waals surface area contributed by atoms with Crippen LogP contribution in [0.5, 0.6) is 11.5 Å². The normalized spacial score (nSPS) is 13.1. The number of benzene rings is 1. The molecule has 0 spiro atoms. The number of fused-ring (bicyclic) bond motifs is 1. The highest BCUT2D eigenvalue weighted by atomic mass is 16.7. The highest BCUT2D eigenvalue weighted by Crippen LogP contribution is 2.32. The predicted octanol–water partition coefficient (Wildman–Crippen LogP) is 1.67. The summed E-state index contributed by atoms with van der Waals surface area (Å²) >= 11 is 0. The summed E-state index contributed by atoms with van der Waals surface area (Å²) < 4.78 is 16.1. The van der Waals surface area contributed by atoms with Gasteiger partial charge in [-0.15, -0.1) is 0 Å². The minimum atomic E-state index is 0.316. The van der Waals surface area contributed by atoms with E-state index in [9.17, 15) is 0 Å². The fourth-order valence-corrected chi connectivity index (χ4v) is 1.57. The van der Waals surface area contributed by atoms with Crippen LogP contribution in [0.3, 0.4) is 0 Å². The van der Waals surface area contributed by atoms with Crippen LogP contribution in [0.4, 0.5) is 0 Å². The van der Waals surface area contributed by atoms with E-state index in [1.807, 2.05) is 18.2 Å². The van der Waals surface area contributed by atoms with Crippen LogP contribution in [-0.4, -0.2) is 19.9 Å². The zero-order chi connectivity index (χ0) is 11.2. The molecule has 0 unspecified atom stereocenters. The van der Waals surface area contributed by atoms with E-state index in [1.54, 1.807) is 0 Å². The van der Waals surface area contributed by atoms with E-state index >= 15 is 0 Å². The number of hydrogen-bond acceptors (Lipinski definition) is 4. The predicted molar refractivity (Wildman–Crippen MR) is 60.5 cm³/mol. The summed E-state index contributed by atoms with van der Waals surface area (Å²) in [6, 6.07) is 5.88. The lowest BCUT2D eigenvalue weighted by molar-refractivity contribution is 0.117. The Balaban J connectivity index is 1.77. The van der Waals surface area contributed by atoms with Gasteiger partial charge >= 0.3 is 0 Å². The van der Waals surface area contributed by atoms with Crippen LogP contribution in [0.2, 0.25) is 0 Å². The van der Waals surface area contributed by atoms with E-state index in [0.29, 0.717) is 13.4 Å². The second kappa shape index (κ2) is 5.72. The Labute approximate surface area is 95.3 Å². The van der Waals surface area contributed by atoms with Gasteiger partial charge < -0.3 is 19.9 Å². The average Bonchev–Trinajstić information content (AvgIpc) is 2.76. The van der Waals surface area contributed by atoms with Crippen molar-refractivity contribution >= 4 is 0 Å². The molecule has 1 heterocycles. The first-order chi connectivity index (χ1) is 7.90. The molecular formula is C12H17NO3. The lowest BCUT2D eigenvalue weighted by Crippen LogP contribution is -2.01. The number of ether oxygens (including phenoxy) is 3. The van der Waals surface area contributed by atoms with Crippen molar-refractivity contribution in [1.29, 1.82) is 0 Å². The number of hydrogen-bond donors (Lipinski definition) is 1. The van der Waals surface area contributed by atoms with Crippen LogP contribution in [-0.2, 0) is 11.3 Å². The molecule has 1 aliphatic heterocycles. The third-order valence-electron chi connectivity index (χ3n) is 2.45. The van der Waals surface area contributed by atoms with E-state index in [1.165, 1.54) is 0 Å². The lowest BCUT2D eigenvalue weighted by atomic mass is 10.2. The third-order valence-corrected chi connectivity index (χ3v) is 2.45. The van der Waals surface area contributed by atoms with E-state index in [-0.39, 0.29) is 0 Å². The molecule has 0 amide bonds. The molecule has 2 rings (SSSR count). The molecule has 0 aliphatic carbocycles. The van der Waals surface area contributed by atoms with Gasteiger partial charge in [0.2, 0.25) is 6.79 Å². The SMILES string of the molecule is NCCCCOCc1ccc2c(c1)OCO2. The van der Waals surface area contributed by atoms with Crippen LogP contribution in [0.1, 0.15) is 18.4 Å². The van der Waals surface area contributed by atoms with Gasteiger partial charge in [-0.05, 0) is 37.1 Å². The number of nitrogens with two attached hydrogens (primary N) is 1. The van der Waals surface area contributed by atoms with E-state index in [0.717, 1.165) is 43.1 Å². The minimum Gasteiger partial charge on any atom is -0.454 e. The first kappa shape index (κ1) is 11.2. The Kier molecular flexibility index (Phi) is 4.02. The molecule has 0 fully saturated rings. The third kappa shape index (κ3) is 2.87. The zero-order valence-corrected chi connectivity index (χ0v) is 9.28. The molecule has 1 aromatic rings. The van der Waals surface area contributed by atoms with Crippen molar-refractivity contribution in [2.24, 2.45) is 5.73 Å². The summed E-state index contributed by atoms with van der Waals surface area (Å²) in [5.74, 6) is 1.62. The van der Waals surface area contributed by atoms with Crippen molar-refractivity contribution in [3.8, 4) is 11.5 Å². The second-order valence-electron chi connectivity index (χ2n) is 3.74. The monoisotopic (exact) mass is 223 g/mol. The second-order valence-corrected chi connectivity index (χ2v) is 3.74. The van der Waals surface area contributed by atoms with Crippen LogP contribution >= 0.6 is 0 Å². The van der Waals surface area contributed by atoms with Crippen molar-refractivity contribution in [2.75, 3.05) is 19.9 Å². The van der Waals surface area contributed by atoms with E-state index in [4.69, 9.17) is 19.9 Å². The van der Waals surface area contributed by atoms with Crippen LogP contribution in [0.15, 0.2) is 18.2 Å².